The van der Waals surface area contributed by atoms with Crippen LogP contribution in [-0.4, -0.2) is 11.9 Å². The molecule has 0 saturated heterocycles. The molecule has 0 heterocycles. The molecular formula is C15H22OP-. The SMILES string of the molecule is Cc1cc(C)c(C)c(C(=O)CCCC[PH-])c1C. The Morgan fingerprint density at radius 2 is 1.59 bits per heavy atom. The van der Waals surface area contributed by atoms with Crippen molar-refractivity contribution in [2.75, 3.05) is 6.16 Å². The van der Waals surface area contributed by atoms with Crippen LogP contribution in [0.5, 0.6) is 0 Å². The van der Waals surface area contributed by atoms with Gasteiger partial charge in [0.2, 0.25) is 0 Å². The molecule has 1 rings (SSSR count). The van der Waals surface area contributed by atoms with Gasteiger partial charge in [-0.05, 0) is 56.4 Å². The van der Waals surface area contributed by atoms with Gasteiger partial charge in [-0.25, -0.2) is 0 Å². The van der Waals surface area contributed by atoms with Gasteiger partial charge in [0.05, 0.1) is 0 Å². The van der Waals surface area contributed by atoms with E-state index in [4.69, 9.17) is 0 Å². The first-order chi connectivity index (χ1) is 7.99. The minimum Gasteiger partial charge on any atom is -0.558 e. The summed E-state index contributed by atoms with van der Waals surface area (Å²) in [5.74, 6) is 0.298. The van der Waals surface area contributed by atoms with Crippen LogP contribution < -0.4 is 0 Å². The van der Waals surface area contributed by atoms with Gasteiger partial charge in [0.25, 0.3) is 0 Å². The highest BCUT2D eigenvalue weighted by molar-refractivity contribution is 7.16. The maximum Gasteiger partial charge on any atom is 0.163 e. The Labute approximate surface area is 107 Å². The largest absolute Gasteiger partial charge is 0.558 e. The van der Waals surface area contributed by atoms with Crippen LogP contribution in [0.15, 0.2) is 6.07 Å². The highest BCUT2D eigenvalue weighted by Crippen LogP contribution is 2.23. The topological polar surface area (TPSA) is 17.1 Å². The van der Waals surface area contributed by atoms with Crippen molar-refractivity contribution in [2.45, 2.75) is 47.0 Å². The Morgan fingerprint density at radius 1 is 1.06 bits per heavy atom. The first-order valence-corrected chi connectivity index (χ1v) is 6.95. The number of hydrogen-bond donors (Lipinski definition) is 0. The van der Waals surface area contributed by atoms with Crippen molar-refractivity contribution in [3.05, 3.63) is 33.9 Å². The number of ketones is 1. The first kappa shape index (κ1) is 14.4. The van der Waals surface area contributed by atoms with Crippen LogP contribution in [0.4, 0.5) is 0 Å². The van der Waals surface area contributed by atoms with Gasteiger partial charge in [-0.2, -0.15) is 6.16 Å². The third-order valence-corrected chi connectivity index (χ3v) is 3.83. The molecule has 0 aliphatic heterocycles. The molecule has 0 atom stereocenters. The minimum atomic E-state index is 0.298. The molecule has 1 aromatic carbocycles. The Morgan fingerprint density at radius 3 is 2.06 bits per heavy atom. The van der Waals surface area contributed by atoms with E-state index in [0.717, 1.165) is 35.7 Å². The molecule has 0 bridgehead atoms. The minimum absolute atomic E-state index is 0.298. The lowest BCUT2D eigenvalue weighted by Crippen LogP contribution is -2.07. The van der Waals surface area contributed by atoms with Crippen LogP contribution in [0.1, 0.15) is 51.9 Å². The summed E-state index contributed by atoms with van der Waals surface area (Å²) < 4.78 is 0. The van der Waals surface area contributed by atoms with Gasteiger partial charge >= 0.3 is 0 Å². The number of carbonyl (C=O) groups is 1. The average molecular weight is 249 g/mol. The molecule has 2 heteroatoms. The molecular weight excluding hydrogens is 227 g/mol. The maximum absolute atomic E-state index is 12.2. The van der Waals surface area contributed by atoms with E-state index in [1.54, 1.807) is 0 Å². The molecule has 94 valence electrons. The van der Waals surface area contributed by atoms with Crippen molar-refractivity contribution < 1.29 is 4.79 Å². The zero-order valence-corrected chi connectivity index (χ0v) is 12.3. The van der Waals surface area contributed by atoms with Gasteiger partial charge in [-0.3, -0.25) is 4.79 Å². The van der Waals surface area contributed by atoms with Crippen molar-refractivity contribution in [1.29, 1.82) is 0 Å². The molecule has 0 radical (unpaired) electrons. The number of unbranched alkanes of at least 4 members (excludes halogenated alkanes) is 1. The quantitative estimate of drug-likeness (QED) is 0.429. The first-order valence-electron chi connectivity index (χ1n) is 6.24. The molecule has 0 aliphatic rings. The highest BCUT2D eigenvalue weighted by atomic mass is 31.0. The van der Waals surface area contributed by atoms with Crippen molar-refractivity contribution in [1.82, 2.24) is 0 Å². The Hall–Kier alpha value is -0.680. The van der Waals surface area contributed by atoms with E-state index in [2.05, 4.69) is 43.0 Å². The summed E-state index contributed by atoms with van der Waals surface area (Å²) in [6, 6.07) is 2.17. The van der Waals surface area contributed by atoms with Crippen LogP contribution in [0.25, 0.3) is 0 Å². The summed E-state index contributed by atoms with van der Waals surface area (Å²) in [6.45, 7) is 8.27. The van der Waals surface area contributed by atoms with E-state index in [0.29, 0.717) is 12.2 Å². The van der Waals surface area contributed by atoms with Crippen LogP contribution >= 0.6 is 9.24 Å². The van der Waals surface area contributed by atoms with Crippen LogP contribution in [0.3, 0.4) is 0 Å². The standard InChI is InChI=1S/C15H22OP/c1-10-9-11(2)13(4)15(12(10)3)14(16)7-5-6-8-17/h9,17H,5-8H2,1-4H3/q-1. The predicted molar refractivity (Wildman–Crippen MR) is 76.8 cm³/mol. The summed E-state index contributed by atoms with van der Waals surface area (Å²) in [5.41, 5.74) is 5.69. The van der Waals surface area contributed by atoms with Crippen molar-refractivity contribution in [3.8, 4) is 0 Å². The molecule has 0 aliphatic carbocycles. The number of benzene rings is 1. The lowest BCUT2D eigenvalue weighted by Gasteiger charge is -2.14. The lowest BCUT2D eigenvalue weighted by atomic mass is 9.90. The van der Waals surface area contributed by atoms with Gasteiger partial charge in [0.1, 0.15) is 0 Å². The molecule has 1 nitrogen and oxygen atoms in total. The van der Waals surface area contributed by atoms with Gasteiger partial charge in [0.15, 0.2) is 5.78 Å². The predicted octanol–water partition coefficient (Wildman–Crippen LogP) is 4.42. The molecule has 0 saturated carbocycles. The Kier molecular flexibility index (Phi) is 5.33. The Balaban J connectivity index is 3.00. The molecule has 17 heavy (non-hydrogen) atoms. The van der Waals surface area contributed by atoms with E-state index in [1.165, 1.54) is 11.1 Å². The van der Waals surface area contributed by atoms with E-state index in [-0.39, 0.29) is 0 Å². The second-order valence-electron chi connectivity index (χ2n) is 4.77. The fourth-order valence-corrected chi connectivity index (χ4v) is 2.42. The van der Waals surface area contributed by atoms with Gasteiger partial charge < -0.3 is 9.24 Å². The van der Waals surface area contributed by atoms with E-state index in [9.17, 15) is 4.79 Å². The van der Waals surface area contributed by atoms with Crippen LogP contribution in [0.2, 0.25) is 0 Å². The van der Waals surface area contributed by atoms with Crippen molar-refractivity contribution >= 4 is 15.0 Å². The highest BCUT2D eigenvalue weighted by Gasteiger charge is 2.14. The smallest absolute Gasteiger partial charge is 0.163 e. The van der Waals surface area contributed by atoms with E-state index in [1.807, 2.05) is 0 Å². The lowest BCUT2D eigenvalue weighted by molar-refractivity contribution is 0.0978. The maximum atomic E-state index is 12.2. The third-order valence-electron chi connectivity index (χ3n) is 3.48. The second-order valence-corrected chi connectivity index (χ2v) is 5.27. The molecule has 0 unspecified atom stereocenters. The summed E-state index contributed by atoms with van der Waals surface area (Å²) >= 11 is 0. The fourth-order valence-electron chi connectivity index (χ4n) is 2.17. The van der Waals surface area contributed by atoms with E-state index < -0.39 is 0 Å². The van der Waals surface area contributed by atoms with E-state index >= 15 is 0 Å². The third kappa shape index (κ3) is 3.39. The summed E-state index contributed by atoms with van der Waals surface area (Å²) in [7, 11) is 3.44. The van der Waals surface area contributed by atoms with Gasteiger partial charge in [-0.1, -0.05) is 12.5 Å². The number of hydrogen-bond acceptors (Lipinski definition) is 1. The fraction of sp³-hybridized carbons (Fsp3) is 0.533. The van der Waals surface area contributed by atoms with Crippen molar-refractivity contribution in [3.63, 3.8) is 0 Å². The zero-order chi connectivity index (χ0) is 13.0. The number of carbonyl (C=O) groups excluding carboxylic acids is 1. The van der Waals surface area contributed by atoms with Gasteiger partial charge in [0, 0.05) is 12.0 Å². The number of aryl methyl sites for hydroxylation is 2. The average Bonchev–Trinajstić information content (AvgIpc) is 2.27. The molecule has 0 N–H and O–H groups in total. The molecule has 0 amide bonds. The van der Waals surface area contributed by atoms with Crippen molar-refractivity contribution in [2.24, 2.45) is 0 Å². The monoisotopic (exact) mass is 249 g/mol. The van der Waals surface area contributed by atoms with Crippen LogP contribution in [0, 0.1) is 27.7 Å². The molecule has 0 spiro atoms. The normalized spacial score (nSPS) is 10.6. The van der Waals surface area contributed by atoms with Crippen LogP contribution in [-0.2, 0) is 0 Å². The molecule has 1 aromatic rings. The Bertz CT molecular complexity index is 395. The summed E-state index contributed by atoms with van der Waals surface area (Å²) in [6.07, 6.45) is 3.66. The zero-order valence-electron chi connectivity index (χ0n) is 11.3. The summed E-state index contributed by atoms with van der Waals surface area (Å²) in [5, 5.41) is 0. The number of rotatable bonds is 5. The number of Topliss-reactive ketones (excluding diaryl/α,β-unsaturated/α-hetero) is 1. The van der Waals surface area contributed by atoms with Gasteiger partial charge in [-0.15, -0.1) is 0 Å². The summed E-state index contributed by atoms with van der Waals surface area (Å²) in [4.78, 5) is 12.2. The molecule has 0 aromatic heterocycles. The second kappa shape index (κ2) is 6.31. The molecule has 0 fully saturated rings.